The summed E-state index contributed by atoms with van der Waals surface area (Å²) in [4.78, 5) is 41.3. The first kappa shape index (κ1) is 29.0. The summed E-state index contributed by atoms with van der Waals surface area (Å²) in [5.74, 6) is -1.20. The van der Waals surface area contributed by atoms with Crippen molar-refractivity contribution in [3.63, 3.8) is 0 Å². The van der Waals surface area contributed by atoms with Crippen molar-refractivity contribution in [2.24, 2.45) is 5.92 Å². The zero-order valence-corrected chi connectivity index (χ0v) is 22.0. The third kappa shape index (κ3) is 8.43. The quantitative estimate of drug-likeness (QED) is 0.436. The minimum atomic E-state index is -1.10. The first-order chi connectivity index (χ1) is 17.0. The van der Waals surface area contributed by atoms with Crippen molar-refractivity contribution in [2.75, 3.05) is 6.54 Å². The van der Waals surface area contributed by atoms with Gasteiger partial charge >= 0.3 is 6.09 Å². The van der Waals surface area contributed by atoms with Crippen LogP contribution in [0.25, 0.3) is 0 Å². The van der Waals surface area contributed by atoms with Gasteiger partial charge in [0.15, 0.2) is 0 Å². The molecular formula is C27H40N4O5. The lowest BCUT2D eigenvalue weighted by atomic mass is 9.93. The van der Waals surface area contributed by atoms with Crippen LogP contribution in [-0.4, -0.2) is 52.1 Å². The average Bonchev–Trinajstić information content (AvgIpc) is 2.82. The Morgan fingerprint density at radius 2 is 1.78 bits per heavy atom. The summed E-state index contributed by atoms with van der Waals surface area (Å²) < 4.78 is 5.37. The van der Waals surface area contributed by atoms with Crippen LogP contribution in [0.15, 0.2) is 24.3 Å². The molecule has 0 saturated heterocycles. The molecule has 3 N–H and O–H groups in total. The number of rotatable bonds is 9. The highest BCUT2D eigenvalue weighted by Crippen LogP contribution is 2.27. The van der Waals surface area contributed by atoms with Crippen molar-refractivity contribution in [1.29, 1.82) is 5.26 Å². The number of carbonyl (C=O) groups is 3. The van der Waals surface area contributed by atoms with E-state index < -0.39 is 35.6 Å². The molecule has 1 aromatic rings. The molecule has 1 saturated carbocycles. The fourth-order valence-electron chi connectivity index (χ4n) is 4.33. The summed E-state index contributed by atoms with van der Waals surface area (Å²) in [6, 6.07) is 5.91. The van der Waals surface area contributed by atoms with Gasteiger partial charge in [-0.1, -0.05) is 51.7 Å². The van der Waals surface area contributed by atoms with Crippen LogP contribution in [0.1, 0.15) is 84.7 Å². The number of nitriles is 1. The number of aromatic hydroxyl groups is 1. The third-order valence-corrected chi connectivity index (χ3v) is 6.40. The van der Waals surface area contributed by atoms with Gasteiger partial charge in [0.25, 0.3) is 0 Å². The van der Waals surface area contributed by atoms with Gasteiger partial charge in [-0.15, -0.1) is 0 Å². The first-order valence-electron chi connectivity index (χ1n) is 12.7. The number of carbonyl (C=O) groups excluding carboxylic acids is 3. The molecule has 1 aliphatic carbocycles. The molecule has 3 unspecified atom stereocenters. The lowest BCUT2D eigenvalue weighted by Gasteiger charge is -2.35. The molecule has 0 aliphatic heterocycles. The molecule has 1 fully saturated rings. The standard InChI is InChI=1S/C27H40N4O5/c1-6-18(2)22(30-26(35)36-27(3,4)5)25(34)31(17-16-28)23(19-12-14-21(32)15-13-19)24(33)29-20-10-8-7-9-11-20/h12-15,18,20,22-23,32H,6-11,17H2,1-5H3,(H,29,33)(H,30,35). The molecule has 0 aromatic heterocycles. The molecule has 36 heavy (non-hydrogen) atoms. The number of nitrogens with zero attached hydrogens (tertiary/aromatic N) is 2. The molecule has 0 bridgehead atoms. The molecular weight excluding hydrogens is 460 g/mol. The second kappa shape index (κ2) is 13.1. The fourth-order valence-corrected chi connectivity index (χ4v) is 4.33. The van der Waals surface area contributed by atoms with Crippen LogP contribution in [0.4, 0.5) is 4.79 Å². The predicted octanol–water partition coefficient (Wildman–Crippen LogP) is 4.17. The topological polar surface area (TPSA) is 132 Å². The van der Waals surface area contributed by atoms with E-state index in [1.165, 1.54) is 17.0 Å². The van der Waals surface area contributed by atoms with Gasteiger partial charge in [0.05, 0.1) is 6.07 Å². The minimum absolute atomic E-state index is 0.00449. The Bertz CT molecular complexity index is 929. The van der Waals surface area contributed by atoms with Crippen molar-refractivity contribution in [3.05, 3.63) is 29.8 Å². The van der Waals surface area contributed by atoms with Crippen molar-refractivity contribution < 1.29 is 24.2 Å². The van der Waals surface area contributed by atoms with E-state index in [1.807, 2.05) is 19.9 Å². The van der Waals surface area contributed by atoms with Crippen LogP contribution in [0.5, 0.6) is 5.75 Å². The SMILES string of the molecule is CCC(C)C(NC(=O)OC(C)(C)C)C(=O)N(CC#N)C(C(=O)NC1CCCCC1)c1ccc(O)cc1. The second-order valence-electron chi connectivity index (χ2n) is 10.5. The zero-order valence-electron chi connectivity index (χ0n) is 22.0. The highest BCUT2D eigenvalue weighted by Gasteiger charge is 2.38. The number of phenols is 1. The van der Waals surface area contributed by atoms with Crippen molar-refractivity contribution >= 4 is 17.9 Å². The highest BCUT2D eigenvalue weighted by molar-refractivity contribution is 5.92. The molecule has 3 atom stereocenters. The van der Waals surface area contributed by atoms with Gasteiger partial charge in [0.1, 0.15) is 30.0 Å². The second-order valence-corrected chi connectivity index (χ2v) is 10.5. The van der Waals surface area contributed by atoms with E-state index in [9.17, 15) is 24.8 Å². The predicted molar refractivity (Wildman–Crippen MR) is 136 cm³/mol. The number of phenolic OH excluding ortho intramolecular Hbond substituents is 1. The summed E-state index contributed by atoms with van der Waals surface area (Å²) in [5.41, 5.74) is -0.293. The lowest BCUT2D eigenvalue weighted by Crippen LogP contribution is -2.55. The zero-order chi connectivity index (χ0) is 26.9. The summed E-state index contributed by atoms with van der Waals surface area (Å²) in [5, 5.41) is 25.1. The number of benzene rings is 1. The van der Waals surface area contributed by atoms with Gasteiger partial charge in [-0.25, -0.2) is 4.79 Å². The van der Waals surface area contributed by atoms with Gasteiger partial charge in [-0.3, -0.25) is 9.59 Å². The minimum Gasteiger partial charge on any atom is -0.508 e. The molecule has 0 spiro atoms. The summed E-state index contributed by atoms with van der Waals surface area (Å²) in [7, 11) is 0. The maximum Gasteiger partial charge on any atom is 0.408 e. The molecule has 9 nitrogen and oxygen atoms in total. The smallest absolute Gasteiger partial charge is 0.408 e. The van der Waals surface area contributed by atoms with E-state index in [4.69, 9.17) is 4.74 Å². The molecule has 1 aliphatic rings. The molecule has 0 radical (unpaired) electrons. The molecule has 0 heterocycles. The highest BCUT2D eigenvalue weighted by atomic mass is 16.6. The van der Waals surface area contributed by atoms with Crippen LogP contribution in [-0.2, 0) is 14.3 Å². The van der Waals surface area contributed by atoms with E-state index in [1.54, 1.807) is 32.9 Å². The van der Waals surface area contributed by atoms with Crippen molar-refractivity contribution in [2.45, 2.75) is 96.9 Å². The molecule has 3 amide bonds. The van der Waals surface area contributed by atoms with Gasteiger partial charge < -0.3 is 25.4 Å². The Morgan fingerprint density at radius 1 is 1.17 bits per heavy atom. The monoisotopic (exact) mass is 500 g/mol. The van der Waals surface area contributed by atoms with Gasteiger partial charge in [0.2, 0.25) is 11.8 Å². The molecule has 9 heteroatoms. The number of nitrogens with one attached hydrogen (secondary N) is 2. The number of hydrogen-bond acceptors (Lipinski definition) is 6. The Labute approximate surface area is 214 Å². The first-order valence-corrected chi connectivity index (χ1v) is 12.7. The summed E-state index contributed by atoms with van der Waals surface area (Å²) >= 11 is 0. The van der Waals surface area contributed by atoms with Gasteiger partial charge in [-0.05, 0) is 57.2 Å². The Morgan fingerprint density at radius 3 is 2.31 bits per heavy atom. The molecule has 1 aromatic carbocycles. The van der Waals surface area contributed by atoms with E-state index in [2.05, 4.69) is 10.6 Å². The van der Waals surface area contributed by atoms with Crippen LogP contribution >= 0.6 is 0 Å². The van der Waals surface area contributed by atoms with Crippen LogP contribution in [0.3, 0.4) is 0 Å². The van der Waals surface area contributed by atoms with E-state index in [-0.39, 0.29) is 24.3 Å². The summed E-state index contributed by atoms with van der Waals surface area (Å²) in [6.45, 7) is 8.54. The Kier molecular flexibility index (Phi) is 10.6. The fraction of sp³-hybridized carbons (Fsp3) is 0.630. The number of ether oxygens (including phenoxy) is 1. The van der Waals surface area contributed by atoms with Crippen molar-refractivity contribution in [3.8, 4) is 11.8 Å². The Balaban J connectivity index is 2.43. The van der Waals surface area contributed by atoms with Crippen LogP contribution in [0.2, 0.25) is 0 Å². The number of hydrogen-bond donors (Lipinski definition) is 3. The van der Waals surface area contributed by atoms with E-state index >= 15 is 0 Å². The molecule has 198 valence electrons. The van der Waals surface area contributed by atoms with Gasteiger partial charge in [-0.2, -0.15) is 5.26 Å². The maximum atomic E-state index is 13.9. The van der Waals surface area contributed by atoms with E-state index in [0.717, 1.165) is 32.1 Å². The normalized spacial score (nSPS) is 16.7. The average molecular weight is 501 g/mol. The van der Waals surface area contributed by atoms with E-state index in [0.29, 0.717) is 12.0 Å². The van der Waals surface area contributed by atoms with Crippen LogP contribution < -0.4 is 10.6 Å². The third-order valence-electron chi connectivity index (χ3n) is 6.40. The summed E-state index contributed by atoms with van der Waals surface area (Å²) in [6.07, 6.45) is 4.71. The van der Waals surface area contributed by atoms with Gasteiger partial charge in [0, 0.05) is 6.04 Å². The van der Waals surface area contributed by atoms with Crippen LogP contribution in [0, 0.1) is 17.2 Å². The largest absolute Gasteiger partial charge is 0.508 e. The Hall–Kier alpha value is -3.28. The number of alkyl carbamates (subject to hydrolysis) is 1. The van der Waals surface area contributed by atoms with Crippen molar-refractivity contribution in [1.82, 2.24) is 15.5 Å². The molecule has 2 rings (SSSR count). The maximum absolute atomic E-state index is 13.9. The lowest BCUT2D eigenvalue weighted by molar-refractivity contribution is -0.143. The number of amides is 3.